The number of nitro groups is 1. The van der Waals surface area contributed by atoms with Gasteiger partial charge in [0, 0.05) is 27.7 Å². The van der Waals surface area contributed by atoms with E-state index in [-0.39, 0.29) is 17.0 Å². The SMILES string of the molecule is O=C(N/N=C\c1cc([N+](=O)[O-])ccc1O)c1cccc(Br)c1. The smallest absolute Gasteiger partial charge is 0.271 e. The molecule has 0 aliphatic carbocycles. The van der Waals surface area contributed by atoms with Crippen LogP contribution in [-0.2, 0) is 0 Å². The quantitative estimate of drug-likeness (QED) is 0.494. The zero-order chi connectivity index (χ0) is 16.1. The molecule has 8 heteroatoms. The van der Waals surface area contributed by atoms with E-state index in [9.17, 15) is 20.0 Å². The van der Waals surface area contributed by atoms with E-state index in [2.05, 4.69) is 26.5 Å². The molecule has 0 spiro atoms. The molecule has 22 heavy (non-hydrogen) atoms. The molecule has 112 valence electrons. The van der Waals surface area contributed by atoms with Crippen LogP contribution in [0.4, 0.5) is 5.69 Å². The summed E-state index contributed by atoms with van der Waals surface area (Å²) >= 11 is 3.25. The minimum absolute atomic E-state index is 0.128. The maximum Gasteiger partial charge on any atom is 0.271 e. The predicted molar refractivity (Wildman–Crippen MR) is 84.0 cm³/mol. The van der Waals surface area contributed by atoms with Crippen LogP contribution < -0.4 is 5.43 Å². The highest BCUT2D eigenvalue weighted by Gasteiger charge is 2.09. The minimum Gasteiger partial charge on any atom is -0.507 e. The Morgan fingerprint density at radius 3 is 2.77 bits per heavy atom. The minimum atomic E-state index is -0.586. The number of carbonyl (C=O) groups is 1. The van der Waals surface area contributed by atoms with E-state index in [1.165, 1.54) is 12.1 Å². The van der Waals surface area contributed by atoms with Crippen LogP contribution in [0.1, 0.15) is 15.9 Å². The number of hydrogen-bond donors (Lipinski definition) is 2. The number of phenolic OH excluding ortho intramolecular Hbond substituents is 1. The second-order valence-corrected chi connectivity index (χ2v) is 5.13. The molecule has 0 saturated heterocycles. The van der Waals surface area contributed by atoms with Gasteiger partial charge in [-0.15, -0.1) is 0 Å². The summed E-state index contributed by atoms with van der Waals surface area (Å²) in [4.78, 5) is 21.9. The number of carbonyl (C=O) groups excluding carboxylic acids is 1. The van der Waals surface area contributed by atoms with Crippen molar-refractivity contribution < 1.29 is 14.8 Å². The zero-order valence-corrected chi connectivity index (χ0v) is 12.6. The molecule has 0 atom stereocenters. The van der Waals surface area contributed by atoms with Crippen LogP contribution in [0.3, 0.4) is 0 Å². The van der Waals surface area contributed by atoms with Gasteiger partial charge >= 0.3 is 0 Å². The molecule has 0 bridgehead atoms. The van der Waals surface area contributed by atoms with Gasteiger partial charge in [0.15, 0.2) is 0 Å². The lowest BCUT2D eigenvalue weighted by molar-refractivity contribution is -0.384. The number of halogens is 1. The highest BCUT2D eigenvalue weighted by Crippen LogP contribution is 2.21. The maximum absolute atomic E-state index is 11.8. The molecule has 0 unspecified atom stereocenters. The summed E-state index contributed by atoms with van der Waals surface area (Å²) in [5, 5.41) is 24.0. The Kier molecular flexibility index (Phi) is 4.84. The molecule has 0 saturated carbocycles. The van der Waals surface area contributed by atoms with Gasteiger partial charge in [-0.05, 0) is 24.3 Å². The molecule has 2 aromatic carbocycles. The number of nitrogens with one attached hydrogen (secondary N) is 1. The summed E-state index contributed by atoms with van der Waals surface area (Å²) in [7, 11) is 0. The number of non-ortho nitro benzene ring substituents is 1. The van der Waals surface area contributed by atoms with E-state index >= 15 is 0 Å². The van der Waals surface area contributed by atoms with Gasteiger partial charge in [-0.2, -0.15) is 5.10 Å². The third kappa shape index (κ3) is 3.89. The Hall–Kier alpha value is -2.74. The van der Waals surface area contributed by atoms with Crippen LogP contribution in [0.25, 0.3) is 0 Å². The highest BCUT2D eigenvalue weighted by atomic mass is 79.9. The summed E-state index contributed by atoms with van der Waals surface area (Å²) in [5.41, 5.74) is 2.62. The molecule has 2 rings (SSSR count). The summed E-state index contributed by atoms with van der Waals surface area (Å²) < 4.78 is 0.750. The lowest BCUT2D eigenvalue weighted by Gasteiger charge is -2.01. The molecule has 0 aliphatic heterocycles. The number of hydrazone groups is 1. The van der Waals surface area contributed by atoms with E-state index in [4.69, 9.17) is 0 Å². The van der Waals surface area contributed by atoms with Crippen molar-refractivity contribution in [1.29, 1.82) is 0 Å². The number of nitro benzene ring substituents is 1. The van der Waals surface area contributed by atoms with E-state index in [0.29, 0.717) is 5.56 Å². The lowest BCUT2D eigenvalue weighted by Crippen LogP contribution is -2.17. The molecule has 1 amide bonds. The summed E-state index contributed by atoms with van der Waals surface area (Å²) in [6.45, 7) is 0. The van der Waals surface area contributed by atoms with Gasteiger partial charge in [-0.25, -0.2) is 5.43 Å². The number of nitrogens with zero attached hydrogens (tertiary/aromatic N) is 2. The molecule has 0 radical (unpaired) electrons. The number of amides is 1. The number of hydrogen-bond acceptors (Lipinski definition) is 5. The normalized spacial score (nSPS) is 10.6. The first-order valence-corrected chi connectivity index (χ1v) is 6.83. The second kappa shape index (κ2) is 6.81. The Morgan fingerprint density at radius 1 is 1.32 bits per heavy atom. The molecule has 2 aromatic rings. The molecule has 0 aliphatic rings. The van der Waals surface area contributed by atoms with E-state index in [1.807, 2.05) is 0 Å². The molecular weight excluding hydrogens is 354 g/mol. The Labute approximate surface area is 133 Å². The maximum atomic E-state index is 11.8. The monoisotopic (exact) mass is 363 g/mol. The first-order chi connectivity index (χ1) is 10.5. The van der Waals surface area contributed by atoms with Crippen molar-refractivity contribution in [2.75, 3.05) is 0 Å². The van der Waals surface area contributed by atoms with Crippen LogP contribution >= 0.6 is 15.9 Å². The number of aromatic hydroxyl groups is 1. The van der Waals surface area contributed by atoms with Crippen LogP contribution in [0.2, 0.25) is 0 Å². The number of benzene rings is 2. The molecule has 0 aromatic heterocycles. The Balaban J connectivity index is 2.11. The third-order valence-corrected chi connectivity index (χ3v) is 3.17. The standard InChI is InChI=1S/C14H10BrN3O4/c15-11-3-1-2-9(6-11)14(20)17-16-8-10-7-12(18(21)22)4-5-13(10)19/h1-8,19H,(H,17,20)/b16-8-. The predicted octanol–water partition coefficient (Wildman–Crippen LogP) is 2.83. The molecule has 7 nitrogen and oxygen atoms in total. The third-order valence-electron chi connectivity index (χ3n) is 2.68. The second-order valence-electron chi connectivity index (χ2n) is 4.21. The molecule has 2 N–H and O–H groups in total. The number of phenols is 1. The Morgan fingerprint density at radius 2 is 2.09 bits per heavy atom. The van der Waals surface area contributed by atoms with Crippen molar-refractivity contribution in [2.24, 2.45) is 5.10 Å². The molecule has 0 fully saturated rings. The van der Waals surface area contributed by atoms with Gasteiger partial charge in [0.1, 0.15) is 5.75 Å². The summed E-state index contributed by atoms with van der Waals surface area (Å²) in [6.07, 6.45) is 1.14. The Bertz CT molecular complexity index is 762. The van der Waals surface area contributed by atoms with Crippen molar-refractivity contribution in [3.63, 3.8) is 0 Å². The zero-order valence-electron chi connectivity index (χ0n) is 11.1. The largest absolute Gasteiger partial charge is 0.507 e. The van der Waals surface area contributed by atoms with Crippen LogP contribution in [0, 0.1) is 10.1 Å². The van der Waals surface area contributed by atoms with Gasteiger partial charge in [0.25, 0.3) is 11.6 Å². The first kappa shape index (κ1) is 15.6. The van der Waals surface area contributed by atoms with Crippen molar-refractivity contribution >= 4 is 33.7 Å². The van der Waals surface area contributed by atoms with Gasteiger partial charge < -0.3 is 5.11 Å². The van der Waals surface area contributed by atoms with Gasteiger partial charge in [-0.1, -0.05) is 22.0 Å². The van der Waals surface area contributed by atoms with Crippen LogP contribution in [0.15, 0.2) is 52.0 Å². The number of rotatable bonds is 4. The topological polar surface area (TPSA) is 105 Å². The van der Waals surface area contributed by atoms with Crippen molar-refractivity contribution in [1.82, 2.24) is 5.43 Å². The van der Waals surface area contributed by atoms with Crippen LogP contribution in [-0.4, -0.2) is 22.2 Å². The van der Waals surface area contributed by atoms with Gasteiger partial charge in [0.05, 0.1) is 11.1 Å². The fraction of sp³-hybridized carbons (Fsp3) is 0. The van der Waals surface area contributed by atoms with E-state index in [1.54, 1.807) is 24.3 Å². The van der Waals surface area contributed by atoms with E-state index < -0.39 is 10.8 Å². The summed E-state index contributed by atoms with van der Waals surface area (Å²) in [5.74, 6) is -0.617. The summed E-state index contributed by atoms with van der Waals surface area (Å²) in [6, 6.07) is 10.2. The average molecular weight is 364 g/mol. The lowest BCUT2D eigenvalue weighted by atomic mass is 10.2. The van der Waals surface area contributed by atoms with Crippen LogP contribution in [0.5, 0.6) is 5.75 Å². The fourth-order valence-electron chi connectivity index (χ4n) is 1.61. The highest BCUT2D eigenvalue weighted by molar-refractivity contribution is 9.10. The fourth-order valence-corrected chi connectivity index (χ4v) is 2.01. The van der Waals surface area contributed by atoms with Crippen molar-refractivity contribution in [2.45, 2.75) is 0 Å². The van der Waals surface area contributed by atoms with Crippen molar-refractivity contribution in [3.8, 4) is 5.75 Å². The van der Waals surface area contributed by atoms with E-state index in [0.717, 1.165) is 16.8 Å². The van der Waals surface area contributed by atoms with Gasteiger partial charge in [0.2, 0.25) is 0 Å². The van der Waals surface area contributed by atoms with Crippen molar-refractivity contribution in [3.05, 3.63) is 68.2 Å². The average Bonchev–Trinajstić information content (AvgIpc) is 2.48. The molecule has 0 heterocycles. The molecular formula is C14H10BrN3O4. The van der Waals surface area contributed by atoms with Gasteiger partial charge in [-0.3, -0.25) is 14.9 Å². The first-order valence-electron chi connectivity index (χ1n) is 6.04.